The van der Waals surface area contributed by atoms with Crippen molar-refractivity contribution in [3.05, 3.63) is 40.7 Å². The fourth-order valence-electron chi connectivity index (χ4n) is 2.00. The number of aromatic nitrogens is 1. The Bertz CT molecular complexity index is 582. The molecular weight excluding hydrogens is 188 g/mol. The summed E-state index contributed by atoms with van der Waals surface area (Å²) in [6, 6.07) is 9.80. The summed E-state index contributed by atoms with van der Waals surface area (Å²) < 4.78 is 1.72. The lowest BCUT2D eigenvalue weighted by atomic mass is 10.1. The Morgan fingerprint density at radius 3 is 2.73 bits per heavy atom. The highest BCUT2D eigenvalue weighted by Crippen LogP contribution is 2.35. The molecule has 1 aliphatic rings. The Morgan fingerprint density at radius 2 is 2.00 bits per heavy atom. The minimum absolute atomic E-state index is 0.0492. The summed E-state index contributed by atoms with van der Waals surface area (Å²) in [4.78, 5) is 12.1. The molecule has 0 atom stereocenters. The van der Waals surface area contributed by atoms with Crippen LogP contribution >= 0.6 is 0 Å². The van der Waals surface area contributed by atoms with Gasteiger partial charge in [0.2, 0.25) is 0 Å². The summed E-state index contributed by atoms with van der Waals surface area (Å²) in [5.41, 5.74) is 5.94. The average Bonchev–Trinajstić information content (AvgIpc) is 3.02. The Morgan fingerprint density at radius 1 is 1.27 bits per heavy atom. The lowest BCUT2D eigenvalue weighted by molar-refractivity contribution is 0.726. The molecule has 1 aliphatic carbocycles. The van der Waals surface area contributed by atoms with Crippen molar-refractivity contribution in [3.63, 3.8) is 0 Å². The topological polar surface area (TPSA) is 48.0 Å². The molecule has 1 heterocycles. The average molecular weight is 200 g/mol. The van der Waals surface area contributed by atoms with E-state index in [0.717, 1.165) is 23.6 Å². The standard InChI is InChI=1S/C12H12N2O/c13-11-7-8-3-1-2-4-10(8)12(15)14(11)9-5-6-9/h1-4,7,9H,5-6,13H2. The van der Waals surface area contributed by atoms with Crippen LogP contribution in [0.2, 0.25) is 0 Å². The largest absolute Gasteiger partial charge is 0.385 e. The number of pyridine rings is 1. The second kappa shape index (κ2) is 2.86. The zero-order valence-corrected chi connectivity index (χ0v) is 8.31. The van der Waals surface area contributed by atoms with Crippen molar-refractivity contribution in [2.75, 3.05) is 5.73 Å². The SMILES string of the molecule is Nc1cc2ccccc2c(=O)n1C1CC1. The van der Waals surface area contributed by atoms with Crippen LogP contribution in [-0.4, -0.2) is 4.57 Å². The Hall–Kier alpha value is -1.77. The van der Waals surface area contributed by atoms with Crippen LogP contribution in [-0.2, 0) is 0 Å². The third-order valence-electron chi connectivity index (χ3n) is 2.90. The third kappa shape index (κ3) is 1.23. The molecule has 0 saturated heterocycles. The number of fused-ring (bicyclic) bond motifs is 1. The fraction of sp³-hybridized carbons (Fsp3) is 0.250. The third-order valence-corrected chi connectivity index (χ3v) is 2.90. The van der Waals surface area contributed by atoms with Gasteiger partial charge in [-0.05, 0) is 30.4 Å². The van der Waals surface area contributed by atoms with E-state index in [4.69, 9.17) is 5.73 Å². The Balaban J connectivity index is 2.41. The van der Waals surface area contributed by atoms with Crippen molar-refractivity contribution >= 4 is 16.6 Å². The second-order valence-electron chi connectivity index (χ2n) is 4.06. The van der Waals surface area contributed by atoms with Crippen LogP contribution in [0.4, 0.5) is 5.82 Å². The summed E-state index contributed by atoms with van der Waals surface area (Å²) in [6.07, 6.45) is 2.14. The molecule has 15 heavy (non-hydrogen) atoms. The molecule has 0 radical (unpaired) electrons. The van der Waals surface area contributed by atoms with Crippen molar-refractivity contribution < 1.29 is 0 Å². The summed E-state index contributed by atoms with van der Waals surface area (Å²) in [5.74, 6) is 0.584. The van der Waals surface area contributed by atoms with E-state index >= 15 is 0 Å². The molecule has 2 aromatic rings. The number of hydrogen-bond donors (Lipinski definition) is 1. The van der Waals surface area contributed by atoms with Gasteiger partial charge in [0.05, 0.1) is 0 Å². The number of nitrogens with zero attached hydrogens (tertiary/aromatic N) is 1. The van der Waals surface area contributed by atoms with Crippen molar-refractivity contribution in [2.45, 2.75) is 18.9 Å². The number of anilines is 1. The van der Waals surface area contributed by atoms with E-state index in [1.807, 2.05) is 30.3 Å². The highest BCUT2D eigenvalue weighted by atomic mass is 16.1. The minimum atomic E-state index is 0.0492. The maximum Gasteiger partial charge on any atom is 0.260 e. The van der Waals surface area contributed by atoms with Gasteiger partial charge in [0.15, 0.2) is 0 Å². The molecule has 0 bridgehead atoms. The Kier molecular flexibility index (Phi) is 1.63. The fourth-order valence-corrected chi connectivity index (χ4v) is 2.00. The maximum absolute atomic E-state index is 12.1. The maximum atomic E-state index is 12.1. The van der Waals surface area contributed by atoms with Crippen LogP contribution in [0.5, 0.6) is 0 Å². The van der Waals surface area contributed by atoms with E-state index < -0.39 is 0 Å². The second-order valence-corrected chi connectivity index (χ2v) is 4.06. The summed E-state index contributed by atoms with van der Waals surface area (Å²) in [5, 5.41) is 1.69. The van der Waals surface area contributed by atoms with Crippen LogP contribution in [0.3, 0.4) is 0 Å². The van der Waals surface area contributed by atoms with Gasteiger partial charge in [0.1, 0.15) is 5.82 Å². The molecule has 0 unspecified atom stereocenters. The van der Waals surface area contributed by atoms with E-state index in [-0.39, 0.29) is 5.56 Å². The lowest BCUT2D eigenvalue weighted by Gasteiger charge is -2.09. The molecule has 1 aromatic carbocycles. The lowest BCUT2D eigenvalue weighted by Crippen LogP contribution is -2.21. The monoisotopic (exact) mass is 200 g/mol. The number of nitrogen functional groups attached to an aromatic ring is 1. The van der Waals surface area contributed by atoms with Gasteiger partial charge in [-0.1, -0.05) is 18.2 Å². The molecule has 3 rings (SSSR count). The van der Waals surface area contributed by atoms with E-state index in [2.05, 4.69) is 0 Å². The van der Waals surface area contributed by atoms with E-state index in [0.29, 0.717) is 11.9 Å². The van der Waals surface area contributed by atoms with Crippen LogP contribution in [0, 0.1) is 0 Å². The van der Waals surface area contributed by atoms with Crippen LogP contribution in [0.25, 0.3) is 10.8 Å². The van der Waals surface area contributed by atoms with E-state index in [9.17, 15) is 4.79 Å². The molecular formula is C12H12N2O. The van der Waals surface area contributed by atoms with Gasteiger partial charge >= 0.3 is 0 Å². The van der Waals surface area contributed by atoms with Gasteiger partial charge in [-0.25, -0.2) is 0 Å². The molecule has 3 heteroatoms. The van der Waals surface area contributed by atoms with E-state index in [1.165, 1.54) is 0 Å². The Labute approximate surface area is 87.1 Å². The molecule has 0 spiro atoms. The first-order chi connectivity index (χ1) is 7.27. The summed E-state index contributed by atoms with van der Waals surface area (Å²) in [6.45, 7) is 0. The summed E-state index contributed by atoms with van der Waals surface area (Å²) in [7, 11) is 0. The number of benzene rings is 1. The normalized spacial score (nSPS) is 15.7. The molecule has 1 saturated carbocycles. The van der Waals surface area contributed by atoms with E-state index in [1.54, 1.807) is 4.57 Å². The highest BCUT2D eigenvalue weighted by molar-refractivity contribution is 5.83. The molecule has 0 amide bonds. The summed E-state index contributed by atoms with van der Waals surface area (Å²) >= 11 is 0. The van der Waals surface area contributed by atoms with Gasteiger partial charge in [-0.15, -0.1) is 0 Å². The van der Waals surface area contributed by atoms with Gasteiger partial charge in [0.25, 0.3) is 5.56 Å². The van der Waals surface area contributed by atoms with Crippen LogP contribution in [0.1, 0.15) is 18.9 Å². The van der Waals surface area contributed by atoms with Gasteiger partial charge in [-0.3, -0.25) is 9.36 Å². The minimum Gasteiger partial charge on any atom is -0.385 e. The number of rotatable bonds is 1. The van der Waals surface area contributed by atoms with Crippen molar-refractivity contribution in [1.29, 1.82) is 0 Å². The van der Waals surface area contributed by atoms with Gasteiger partial charge in [0, 0.05) is 11.4 Å². The smallest absolute Gasteiger partial charge is 0.260 e. The molecule has 76 valence electrons. The number of nitrogens with two attached hydrogens (primary N) is 1. The predicted molar refractivity (Wildman–Crippen MR) is 60.9 cm³/mol. The van der Waals surface area contributed by atoms with Crippen LogP contribution < -0.4 is 11.3 Å². The first kappa shape index (κ1) is 8.53. The van der Waals surface area contributed by atoms with Gasteiger partial charge < -0.3 is 5.73 Å². The predicted octanol–water partition coefficient (Wildman–Crippen LogP) is 1.92. The zero-order valence-electron chi connectivity index (χ0n) is 8.31. The van der Waals surface area contributed by atoms with Crippen molar-refractivity contribution in [3.8, 4) is 0 Å². The zero-order chi connectivity index (χ0) is 10.4. The number of hydrogen-bond acceptors (Lipinski definition) is 2. The van der Waals surface area contributed by atoms with Gasteiger partial charge in [-0.2, -0.15) is 0 Å². The molecule has 1 fully saturated rings. The first-order valence-corrected chi connectivity index (χ1v) is 5.17. The van der Waals surface area contributed by atoms with Crippen LogP contribution in [0.15, 0.2) is 35.1 Å². The quantitative estimate of drug-likeness (QED) is 0.764. The molecule has 2 N–H and O–H groups in total. The first-order valence-electron chi connectivity index (χ1n) is 5.17. The van der Waals surface area contributed by atoms with Crippen molar-refractivity contribution in [1.82, 2.24) is 4.57 Å². The van der Waals surface area contributed by atoms with Crippen molar-refractivity contribution in [2.24, 2.45) is 0 Å². The molecule has 1 aromatic heterocycles. The molecule has 0 aliphatic heterocycles. The highest BCUT2D eigenvalue weighted by Gasteiger charge is 2.26. The molecule has 3 nitrogen and oxygen atoms in total.